The van der Waals surface area contributed by atoms with E-state index in [0.717, 1.165) is 17.3 Å². The Morgan fingerprint density at radius 1 is 1.32 bits per heavy atom. The molecule has 25 heavy (non-hydrogen) atoms. The van der Waals surface area contributed by atoms with E-state index in [0.29, 0.717) is 11.7 Å². The van der Waals surface area contributed by atoms with Gasteiger partial charge in [0.2, 0.25) is 5.16 Å². The first kappa shape index (κ1) is 16.4. The molecule has 0 spiro atoms. The van der Waals surface area contributed by atoms with Gasteiger partial charge in [0.05, 0.1) is 5.69 Å². The van der Waals surface area contributed by atoms with Gasteiger partial charge in [0, 0.05) is 23.0 Å². The molecule has 0 aliphatic carbocycles. The Balaban J connectivity index is 1.90. The van der Waals surface area contributed by atoms with Gasteiger partial charge < -0.3 is 5.32 Å². The number of rotatable bonds is 2. The molecule has 0 radical (unpaired) electrons. The molecule has 1 atom stereocenters. The van der Waals surface area contributed by atoms with Crippen LogP contribution in [0.4, 0.5) is 5.69 Å². The lowest BCUT2D eigenvalue weighted by Crippen LogP contribution is -2.36. The number of nitrogens with one attached hydrogen (secondary N) is 1. The molecule has 5 nitrogen and oxygen atoms in total. The number of anilines is 1. The highest BCUT2D eigenvalue weighted by Crippen LogP contribution is 2.41. The third-order valence-electron chi connectivity index (χ3n) is 4.90. The Bertz CT molecular complexity index is 960. The topological polar surface area (TPSA) is 55.1 Å². The van der Waals surface area contributed by atoms with E-state index in [4.69, 9.17) is 0 Å². The summed E-state index contributed by atoms with van der Waals surface area (Å²) in [5.74, 6) is 1.16. The van der Waals surface area contributed by atoms with Crippen molar-refractivity contribution >= 4 is 23.2 Å². The van der Waals surface area contributed by atoms with Crippen molar-refractivity contribution in [3.05, 3.63) is 35.5 Å². The molecule has 6 heteroatoms. The summed E-state index contributed by atoms with van der Waals surface area (Å²) in [6, 6.07) is 6.60. The van der Waals surface area contributed by atoms with Gasteiger partial charge in [0.1, 0.15) is 0 Å². The maximum absolute atomic E-state index is 4.59. The number of hydrogen-bond donors (Lipinski definition) is 1. The van der Waals surface area contributed by atoms with Crippen molar-refractivity contribution in [1.82, 2.24) is 19.6 Å². The monoisotopic (exact) mass is 353 g/mol. The van der Waals surface area contributed by atoms with E-state index in [2.05, 4.69) is 60.2 Å². The number of thioether (sulfide) groups is 1. The molecule has 1 aliphatic heterocycles. The summed E-state index contributed by atoms with van der Waals surface area (Å²) < 4.78 is 1.85. The molecule has 0 saturated heterocycles. The van der Waals surface area contributed by atoms with Crippen molar-refractivity contribution < 1.29 is 0 Å². The summed E-state index contributed by atoms with van der Waals surface area (Å²) >= 11 is 1.53. The molecule has 2 aromatic heterocycles. The highest BCUT2D eigenvalue weighted by molar-refractivity contribution is 7.98. The quantitative estimate of drug-likeness (QED) is 0.687. The Morgan fingerprint density at radius 3 is 2.88 bits per heavy atom. The summed E-state index contributed by atoms with van der Waals surface area (Å²) in [7, 11) is 0. The normalized spacial score (nSPS) is 18.8. The zero-order chi connectivity index (χ0) is 17.8. The van der Waals surface area contributed by atoms with Gasteiger partial charge >= 0.3 is 0 Å². The van der Waals surface area contributed by atoms with Crippen LogP contribution in [0.5, 0.6) is 0 Å². The lowest BCUT2D eigenvalue weighted by atomic mass is 9.80. The molecule has 0 amide bonds. The zero-order valence-electron chi connectivity index (χ0n) is 15.3. The third kappa shape index (κ3) is 2.78. The Hall–Kier alpha value is -2.08. The first-order valence-electron chi connectivity index (χ1n) is 8.57. The molecule has 130 valence electrons. The molecule has 4 rings (SSSR count). The van der Waals surface area contributed by atoms with E-state index < -0.39 is 0 Å². The van der Waals surface area contributed by atoms with E-state index in [9.17, 15) is 0 Å². The largest absolute Gasteiger partial charge is 0.380 e. The molecule has 1 aromatic carbocycles. The number of hydrogen-bond acceptors (Lipinski definition) is 5. The molecule has 1 N–H and O–H groups in total. The van der Waals surface area contributed by atoms with Crippen molar-refractivity contribution in [2.24, 2.45) is 0 Å². The van der Waals surface area contributed by atoms with Crippen LogP contribution in [0.15, 0.2) is 29.6 Å². The van der Waals surface area contributed by atoms with Crippen molar-refractivity contribution in [3.8, 4) is 11.3 Å². The SMILES string of the molecule is CSc1nc2nccc(-c3cc4c(cc3C)NC(C)(C)C[C@@H]4C)n2n1. The van der Waals surface area contributed by atoms with Crippen LogP contribution in [0.1, 0.15) is 44.2 Å². The van der Waals surface area contributed by atoms with Gasteiger partial charge in [0.15, 0.2) is 0 Å². The molecular weight excluding hydrogens is 330 g/mol. The zero-order valence-corrected chi connectivity index (χ0v) is 16.1. The fourth-order valence-corrected chi connectivity index (χ4v) is 4.21. The third-order valence-corrected chi connectivity index (χ3v) is 5.43. The molecule has 0 bridgehead atoms. The number of benzene rings is 1. The summed E-state index contributed by atoms with van der Waals surface area (Å²) in [5, 5.41) is 9.02. The highest BCUT2D eigenvalue weighted by atomic mass is 32.2. The van der Waals surface area contributed by atoms with Crippen LogP contribution in [0.3, 0.4) is 0 Å². The minimum atomic E-state index is 0.128. The second kappa shape index (κ2) is 5.73. The van der Waals surface area contributed by atoms with Crippen molar-refractivity contribution in [3.63, 3.8) is 0 Å². The Morgan fingerprint density at radius 2 is 2.12 bits per heavy atom. The van der Waals surface area contributed by atoms with Gasteiger partial charge in [-0.15, -0.1) is 5.10 Å². The standard InChI is InChI=1S/C19H23N5S/c1-11-8-15-13(12(2)10-19(3,4)22-15)9-14(11)16-6-7-20-17-21-18(25-5)23-24(16)17/h6-9,12,22H,10H2,1-5H3/t12-/m0/s1. The average Bonchev–Trinajstić information content (AvgIpc) is 2.96. The number of nitrogens with zero attached hydrogens (tertiary/aromatic N) is 4. The predicted octanol–water partition coefficient (Wildman–Crippen LogP) is 4.52. The minimum Gasteiger partial charge on any atom is -0.380 e. The molecule has 0 unspecified atom stereocenters. The summed E-state index contributed by atoms with van der Waals surface area (Å²) in [5.41, 5.74) is 6.20. The highest BCUT2D eigenvalue weighted by Gasteiger charge is 2.30. The number of aromatic nitrogens is 4. The van der Waals surface area contributed by atoms with Crippen LogP contribution in [0, 0.1) is 6.92 Å². The van der Waals surface area contributed by atoms with Gasteiger partial charge in [0.25, 0.3) is 5.78 Å². The van der Waals surface area contributed by atoms with Crippen molar-refractivity contribution in [2.45, 2.75) is 50.7 Å². The van der Waals surface area contributed by atoms with Gasteiger partial charge in [-0.3, -0.25) is 0 Å². The van der Waals surface area contributed by atoms with E-state index in [-0.39, 0.29) is 5.54 Å². The summed E-state index contributed by atoms with van der Waals surface area (Å²) in [6.07, 6.45) is 4.91. The van der Waals surface area contributed by atoms with Crippen LogP contribution in [-0.2, 0) is 0 Å². The summed E-state index contributed by atoms with van der Waals surface area (Å²) in [6.45, 7) is 9.00. The van der Waals surface area contributed by atoms with Crippen LogP contribution < -0.4 is 5.32 Å². The molecule has 3 heterocycles. The second-order valence-corrected chi connectivity index (χ2v) is 8.28. The van der Waals surface area contributed by atoms with Crippen LogP contribution >= 0.6 is 11.8 Å². The predicted molar refractivity (Wildman–Crippen MR) is 103 cm³/mol. The van der Waals surface area contributed by atoms with E-state index in [1.54, 1.807) is 0 Å². The Labute approximate surface area is 152 Å². The molecule has 0 saturated carbocycles. The number of fused-ring (bicyclic) bond motifs is 2. The van der Waals surface area contributed by atoms with E-state index >= 15 is 0 Å². The first-order chi connectivity index (χ1) is 11.9. The maximum atomic E-state index is 4.59. The van der Waals surface area contributed by atoms with E-state index in [1.807, 2.05) is 23.0 Å². The average molecular weight is 353 g/mol. The van der Waals surface area contributed by atoms with Gasteiger partial charge in [-0.2, -0.15) is 9.50 Å². The molecule has 3 aromatic rings. The second-order valence-electron chi connectivity index (χ2n) is 7.51. The lowest BCUT2D eigenvalue weighted by Gasteiger charge is -2.38. The Kier molecular flexibility index (Phi) is 3.76. The van der Waals surface area contributed by atoms with Crippen LogP contribution in [-0.4, -0.2) is 31.4 Å². The van der Waals surface area contributed by atoms with Crippen LogP contribution in [0.25, 0.3) is 17.0 Å². The number of aryl methyl sites for hydroxylation is 1. The van der Waals surface area contributed by atoms with Gasteiger partial charge in [-0.05, 0) is 68.7 Å². The first-order valence-corrected chi connectivity index (χ1v) is 9.79. The fourth-order valence-electron chi connectivity index (χ4n) is 3.87. The van der Waals surface area contributed by atoms with Crippen molar-refractivity contribution in [2.75, 3.05) is 11.6 Å². The van der Waals surface area contributed by atoms with E-state index in [1.165, 1.54) is 34.1 Å². The molecular formula is C19H23N5S. The minimum absolute atomic E-state index is 0.128. The van der Waals surface area contributed by atoms with Gasteiger partial charge in [-0.25, -0.2) is 4.98 Å². The smallest absolute Gasteiger partial charge is 0.253 e. The maximum Gasteiger partial charge on any atom is 0.253 e. The molecule has 0 fully saturated rings. The van der Waals surface area contributed by atoms with Crippen LogP contribution in [0.2, 0.25) is 0 Å². The van der Waals surface area contributed by atoms with Gasteiger partial charge in [-0.1, -0.05) is 18.7 Å². The van der Waals surface area contributed by atoms with Crippen molar-refractivity contribution in [1.29, 1.82) is 0 Å². The fraction of sp³-hybridized carbons (Fsp3) is 0.421. The lowest BCUT2D eigenvalue weighted by molar-refractivity contribution is 0.454. The summed E-state index contributed by atoms with van der Waals surface area (Å²) in [4.78, 5) is 8.81. The molecule has 1 aliphatic rings.